The van der Waals surface area contributed by atoms with Crippen molar-refractivity contribution in [1.29, 1.82) is 0 Å². The van der Waals surface area contributed by atoms with Crippen LogP contribution >= 0.6 is 15.9 Å². The molecule has 4 nitrogen and oxygen atoms in total. The first-order chi connectivity index (χ1) is 6.99. The predicted molar refractivity (Wildman–Crippen MR) is 55.7 cm³/mol. The zero-order valence-electron chi connectivity index (χ0n) is 7.84. The van der Waals surface area contributed by atoms with Crippen molar-refractivity contribution in [2.75, 3.05) is 13.6 Å². The first-order valence-electron chi connectivity index (χ1n) is 4.06. The molecule has 82 valence electrons. The minimum absolute atomic E-state index is 0.00886. The summed E-state index contributed by atoms with van der Waals surface area (Å²) in [5.74, 6) is -3.10. The van der Waals surface area contributed by atoms with Crippen molar-refractivity contribution in [2.45, 2.75) is 0 Å². The Kier molecular flexibility index (Phi) is 3.65. The molecule has 0 aliphatic rings. The highest BCUT2D eigenvalue weighted by atomic mass is 79.9. The molecule has 0 amide bonds. The van der Waals surface area contributed by atoms with Crippen molar-refractivity contribution in [3.05, 3.63) is 21.9 Å². The van der Waals surface area contributed by atoms with Gasteiger partial charge in [0.15, 0.2) is 23.1 Å². The van der Waals surface area contributed by atoms with Gasteiger partial charge in [0, 0.05) is 0 Å². The van der Waals surface area contributed by atoms with Gasteiger partial charge in [-0.05, 0) is 29.0 Å². The summed E-state index contributed by atoms with van der Waals surface area (Å²) in [6.45, 7) is -0.00886. The average Bonchev–Trinajstić information content (AvgIpc) is 2.20. The van der Waals surface area contributed by atoms with E-state index in [-0.39, 0.29) is 16.6 Å². The van der Waals surface area contributed by atoms with E-state index >= 15 is 0 Å². The Morgan fingerprint density at radius 2 is 2.13 bits per heavy atom. The van der Waals surface area contributed by atoms with Crippen LogP contribution in [0.25, 0.3) is 0 Å². The first-order valence-corrected chi connectivity index (χ1v) is 4.86. The molecule has 0 heterocycles. The molecule has 0 aliphatic heterocycles. The van der Waals surface area contributed by atoms with Crippen LogP contribution in [0.5, 0.6) is 11.5 Å². The molecular weight excluding hydrogens is 269 g/mol. The van der Waals surface area contributed by atoms with Gasteiger partial charge >= 0.3 is 0 Å². The Hall–Kier alpha value is -1.14. The molecule has 1 rings (SSSR count). The van der Waals surface area contributed by atoms with Crippen LogP contribution in [0.3, 0.4) is 0 Å². The fourth-order valence-corrected chi connectivity index (χ4v) is 1.49. The largest absolute Gasteiger partial charge is 0.504 e. The Labute approximate surface area is 93.9 Å². The Bertz CT molecular complexity index is 409. The second-order valence-electron chi connectivity index (χ2n) is 2.87. The minimum Gasteiger partial charge on any atom is -0.504 e. The molecule has 0 atom stereocenters. The smallest absolute Gasteiger partial charge is 0.196 e. The van der Waals surface area contributed by atoms with Crippen molar-refractivity contribution < 1.29 is 19.4 Å². The van der Waals surface area contributed by atoms with Gasteiger partial charge in [-0.1, -0.05) is 0 Å². The number of carbonyl (C=O) groups excluding carboxylic acids is 1. The van der Waals surface area contributed by atoms with E-state index in [1.54, 1.807) is 7.05 Å². The number of rotatable bonds is 3. The number of aromatic hydroxyl groups is 2. The van der Waals surface area contributed by atoms with Crippen molar-refractivity contribution >= 4 is 21.7 Å². The third kappa shape index (κ3) is 2.27. The lowest BCUT2D eigenvalue weighted by atomic mass is 10.1. The van der Waals surface area contributed by atoms with E-state index in [1.165, 1.54) is 0 Å². The van der Waals surface area contributed by atoms with Gasteiger partial charge in [-0.2, -0.15) is 0 Å². The van der Waals surface area contributed by atoms with Gasteiger partial charge in [0.1, 0.15) is 0 Å². The highest BCUT2D eigenvalue weighted by Crippen LogP contribution is 2.36. The first kappa shape index (κ1) is 11.9. The second kappa shape index (κ2) is 4.59. The predicted octanol–water partition coefficient (Wildman–Crippen LogP) is 1.40. The fourth-order valence-electron chi connectivity index (χ4n) is 1.07. The van der Waals surface area contributed by atoms with Crippen molar-refractivity contribution in [2.24, 2.45) is 0 Å². The summed E-state index contributed by atoms with van der Waals surface area (Å²) >= 11 is 2.83. The monoisotopic (exact) mass is 277 g/mol. The Morgan fingerprint density at radius 3 is 2.67 bits per heavy atom. The van der Waals surface area contributed by atoms with Crippen molar-refractivity contribution in [3.8, 4) is 11.5 Å². The van der Waals surface area contributed by atoms with Crippen molar-refractivity contribution in [1.82, 2.24) is 5.32 Å². The van der Waals surface area contributed by atoms with Crippen LogP contribution in [0.2, 0.25) is 0 Å². The van der Waals surface area contributed by atoms with Crippen LogP contribution in [0.4, 0.5) is 4.39 Å². The maximum absolute atomic E-state index is 13.0. The second-order valence-corrected chi connectivity index (χ2v) is 3.72. The van der Waals surface area contributed by atoms with Crippen LogP contribution in [0.15, 0.2) is 10.5 Å². The zero-order chi connectivity index (χ0) is 11.6. The number of nitrogens with one attached hydrogen (secondary N) is 1. The third-order valence-electron chi connectivity index (χ3n) is 1.81. The highest BCUT2D eigenvalue weighted by molar-refractivity contribution is 9.10. The molecule has 1 aromatic rings. The lowest BCUT2D eigenvalue weighted by Gasteiger charge is -2.07. The lowest BCUT2D eigenvalue weighted by Crippen LogP contribution is -2.18. The maximum atomic E-state index is 13.0. The van der Waals surface area contributed by atoms with Gasteiger partial charge in [0.05, 0.1) is 16.6 Å². The van der Waals surface area contributed by atoms with E-state index in [2.05, 4.69) is 21.2 Å². The summed E-state index contributed by atoms with van der Waals surface area (Å²) in [5, 5.41) is 21.1. The molecule has 1 aromatic carbocycles. The van der Waals surface area contributed by atoms with Gasteiger partial charge in [-0.3, -0.25) is 4.79 Å². The molecule has 6 heteroatoms. The summed E-state index contributed by atoms with van der Waals surface area (Å²) in [6.07, 6.45) is 0. The number of hydrogen-bond donors (Lipinski definition) is 3. The van der Waals surface area contributed by atoms with Gasteiger partial charge in [-0.25, -0.2) is 4.39 Å². The summed E-state index contributed by atoms with van der Waals surface area (Å²) < 4.78 is 13.0. The van der Waals surface area contributed by atoms with Crippen molar-refractivity contribution in [3.63, 3.8) is 0 Å². The van der Waals surface area contributed by atoms with Gasteiger partial charge < -0.3 is 15.5 Å². The van der Waals surface area contributed by atoms with Gasteiger partial charge in [0.25, 0.3) is 0 Å². The van der Waals surface area contributed by atoms with E-state index in [1.807, 2.05) is 0 Å². The number of carbonyl (C=O) groups is 1. The normalized spacial score (nSPS) is 10.3. The van der Waals surface area contributed by atoms with E-state index < -0.39 is 23.1 Å². The summed E-state index contributed by atoms with van der Waals surface area (Å²) in [6, 6.07) is 1.13. The molecular formula is C9H9BrFNO3. The molecule has 0 spiro atoms. The van der Waals surface area contributed by atoms with Crippen LogP contribution in [0, 0.1) is 5.82 Å². The molecule has 0 fully saturated rings. The third-order valence-corrected chi connectivity index (χ3v) is 2.38. The molecule has 0 unspecified atom stereocenters. The maximum Gasteiger partial charge on any atom is 0.196 e. The molecule has 3 N–H and O–H groups in total. The SMILES string of the molecule is CNCC(=O)c1cc(Br)c(F)c(O)c1O. The number of phenolic OH excluding ortho intramolecular Hbond substituents is 2. The van der Waals surface area contributed by atoms with Crippen LogP contribution in [-0.2, 0) is 0 Å². The lowest BCUT2D eigenvalue weighted by molar-refractivity contribution is 0.0990. The summed E-state index contributed by atoms with van der Waals surface area (Å²) in [4.78, 5) is 11.4. The zero-order valence-corrected chi connectivity index (χ0v) is 9.43. The van der Waals surface area contributed by atoms with E-state index in [0.717, 1.165) is 6.07 Å². The fraction of sp³-hybridized carbons (Fsp3) is 0.222. The van der Waals surface area contributed by atoms with E-state index in [4.69, 9.17) is 5.11 Å². The highest BCUT2D eigenvalue weighted by Gasteiger charge is 2.19. The summed E-state index contributed by atoms with van der Waals surface area (Å²) in [7, 11) is 1.56. The van der Waals surface area contributed by atoms with Gasteiger partial charge in [0.2, 0.25) is 0 Å². The van der Waals surface area contributed by atoms with Crippen LogP contribution in [0.1, 0.15) is 10.4 Å². The average molecular weight is 278 g/mol. The topological polar surface area (TPSA) is 69.6 Å². The number of halogens is 2. The van der Waals surface area contributed by atoms with Gasteiger partial charge in [-0.15, -0.1) is 0 Å². The molecule has 0 aliphatic carbocycles. The van der Waals surface area contributed by atoms with Crippen LogP contribution < -0.4 is 5.32 Å². The van der Waals surface area contributed by atoms with E-state index in [0.29, 0.717) is 0 Å². The molecule has 0 radical (unpaired) electrons. The Balaban J connectivity index is 3.26. The molecule has 0 aromatic heterocycles. The number of hydrogen-bond acceptors (Lipinski definition) is 4. The van der Waals surface area contributed by atoms with Crippen LogP contribution in [-0.4, -0.2) is 29.6 Å². The van der Waals surface area contributed by atoms with E-state index in [9.17, 15) is 14.3 Å². The minimum atomic E-state index is -0.992. The molecule has 15 heavy (non-hydrogen) atoms. The molecule has 0 saturated carbocycles. The standard InChI is InChI=1S/C9H9BrFNO3/c1-12-3-6(13)4-2-5(10)7(11)9(15)8(4)14/h2,12,14-15H,3H2,1H3. The number of ketones is 1. The molecule has 0 saturated heterocycles. The number of phenols is 2. The molecule has 0 bridgehead atoms. The Morgan fingerprint density at radius 1 is 1.53 bits per heavy atom. The number of likely N-dealkylation sites (N-methyl/N-ethyl adjacent to an activating group) is 1. The quantitative estimate of drug-likeness (QED) is 0.577. The number of Topliss-reactive ketones (excluding diaryl/α,β-unsaturated/α-hetero) is 1. The summed E-state index contributed by atoms with van der Waals surface area (Å²) in [5.41, 5.74) is -0.130. The number of benzene rings is 1.